The van der Waals surface area contributed by atoms with Crippen molar-refractivity contribution in [3.63, 3.8) is 0 Å². The van der Waals surface area contributed by atoms with Gasteiger partial charge in [-0.25, -0.2) is 0 Å². The molecule has 62 valence electrons. The van der Waals surface area contributed by atoms with Gasteiger partial charge in [0.05, 0.1) is 0 Å². The van der Waals surface area contributed by atoms with Crippen LogP contribution in [0.2, 0.25) is 0 Å². The molecule has 0 aromatic carbocycles. The smallest absolute Gasteiger partial charge is 0.0355 e. The highest BCUT2D eigenvalue weighted by molar-refractivity contribution is 4.95. The molecule has 0 aromatic heterocycles. The van der Waals surface area contributed by atoms with E-state index in [1.807, 2.05) is 0 Å². The fraction of sp³-hybridized carbons (Fsp3) is 1.00. The summed E-state index contributed by atoms with van der Waals surface area (Å²) < 4.78 is 0. The van der Waals surface area contributed by atoms with Gasteiger partial charge in [-0.1, -0.05) is 6.42 Å². The number of fused-ring (bicyclic) bond motifs is 2. The zero-order valence-electron chi connectivity index (χ0n) is 7.26. The quantitative estimate of drug-likeness (QED) is 0.497. The summed E-state index contributed by atoms with van der Waals surface area (Å²) in [5.74, 6) is 4.74. The SMILES string of the molecule is C1CC2C3CCC(CC3)C2C1. The Morgan fingerprint density at radius 2 is 1.00 bits per heavy atom. The molecule has 0 spiro atoms. The Kier molecular flexibility index (Phi) is 1.33. The fourth-order valence-electron chi connectivity index (χ4n) is 4.19. The van der Waals surface area contributed by atoms with Crippen molar-refractivity contribution in [2.24, 2.45) is 23.7 Å². The van der Waals surface area contributed by atoms with E-state index in [-0.39, 0.29) is 0 Å². The monoisotopic (exact) mass is 150 g/mol. The summed E-state index contributed by atoms with van der Waals surface area (Å²) >= 11 is 0. The molecule has 2 atom stereocenters. The predicted octanol–water partition coefficient (Wildman–Crippen LogP) is 3.22. The van der Waals surface area contributed by atoms with Crippen LogP contribution in [0, 0.1) is 23.7 Å². The molecule has 0 aromatic rings. The lowest BCUT2D eigenvalue weighted by Gasteiger charge is -2.45. The molecule has 11 heavy (non-hydrogen) atoms. The fourth-order valence-corrected chi connectivity index (χ4v) is 4.19. The second kappa shape index (κ2) is 2.24. The van der Waals surface area contributed by atoms with Gasteiger partial charge in [-0.15, -0.1) is 0 Å². The molecule has 0 N–H and O–H groups in total. The van der Waals surface area contributed by atoms with Crippen molar-refractivity contribution in [3.8, 4) is 0 Å². The first-order valence-corrected chi connectivity index (χ1v) is 5.45. The van der Waals surface area contributed by atoms with E-state index in [2.05, 4.69) is 0 Å². The summed E-state index contributed by atoms with van der Waals surface area (Å²) in [7, 11) is 0. The van der Waals surface area contributed by atoms with Crippen LogP contribution in [0.25, 0.3) is 0 Å². The van der Waals surface area contributed by atoms with Crippen LogP contribution >= 0.6 is 0 Å². The molecule has 4 rings (SSSR count). The second-order valence-corrected chi connectivity index (χ2v) is 4.93. The van der Waals surface area contributed by atoms with Gasteiger partial charge in [0, 0.05) is 0 Å². The third kappa shape index (κ3) is 0.816. The van der Waals surface area contributed by atoms with Gasteiger partial charge in [0.25, 0.3) is 0 Å². The minimum Gasteiger partial charge on any atom is -0.0527 e. The molecule has 2 bridgehead atoms. The third-order valence-electron chi connectivity index (χ3n) is 4.65. The Morgan fingerprint density at radius 1 is 0.545 bits per heavy atom. The molecule has 0 radical (unpaired) electrons. The van der Waals surface area contributed by atoms with Gasteiger partial charge >= 0.3 is 0 Å². The Labute approximate surface area is 69.4 Å². The van der Waals surface area contributed by atoms with Crippen molar-refractivity contribution in [1.29, 1.82) is 0 Å². The standard InChI is InChI=1S/C11H18/c1-2-10-8-4-6-9(7-5-8)11(10)3-1/h8-11H,1-7H2. The summed E-state index contributed by atoms with van der Waals surface area (Å²) in [6.45, 7) is 0. The van der Waals surface area contributed by atoms with Crippen molar-refractivity contribution < 1.29 is 0 Å². The summed E-state index contributed by atoms with van der Waals surface area (Å²) in [4.78, 5) is 0. The first-order chi connectivity index (χ1) is 5.45. The first-order valence-electron chi connectivity index (χ1n) is 5.45. The van der Waals surface area contributed by atoms with Crippen LogP contribution in [0.1, 0.15) is 44.9 Å². The van der Waals surface area contributed by atoms with Gasteiger partial charge in [0.15, 0.2) is 0 Å². The molecular weight excluding hydrogens is 132 g/mol. The van der Waals surface area contributed by atoms with Crippen molar-refractivity contribution in [3.05, 3.63) is 0 Å². The zero-order chi connectivity index (χ0) is 7.26. The normalized spacial score (nSPS) is 54.5. The Morgan fingerprint density at radius 3 is 1.45 bits per heavy atom. The highest BCUT2D eigenvalue weighted by Crippen LogP contribution is 2.55. The van der Waals surface area contributed by atoms with Gasteiger partial charge in [-0.3, -0.25) is 0 Å². The van der Waals surface area contributed by atoms with E-state index < -0.39 is 0 Å². The van der Waals surface area contributed by atoms with E-state index in [9.17, 15) is 0 Å². The number of rotatable bonds is 0. The Balaban J connectivity index is 1.89. The van der Waals surface area contributed by atoms with Crippen LogP contribution in [-0.2, 0) is 0 Å². The first kappa shape index (κ1) is 6.51. The van der Waals surface area contributed by atoms with Crippen molar-refractivity contribution in [1.82, 2.24) is 0 Å². The van der Waals surface area contributed by atoms with Crippen LogP contribution < -0.4 is 0 Å². The molecule has 0 heteroatoms. The zero-order valence-corrected chi connectivity index (χ0v) is 7.26. The number of hydrogen-bond acceptors (Lipinski definition) is 0. The predicted molar refractivity (Wildman–Crippen MR) is 46.3 cm³/mol. The van der Waals surface area contributed by atoms with Gasteiger partial charge in [-0.2, -0.15) is 0 Å². The minimum atomic E-state index is 1.17. The molecule has 2 unspecified atom stereocenters. The van der Waals surface area contributed by atoms with E-state index in [1.165, 1.54) is 23.7 Å². The molecular formula is C11H18. The maximum absolute atomic E-state index is 1.59. The van der Waals surface area contributed by atoms with E-state index >= 15 is 0 Å². The molecule has 0 nitrogen and oxygen atoms in total. The maximum Gasteiger partial charge on any atom is -0.0355 e. The van der Waals surface area contributed by atoms with Crippen LogP contribution in [0.5, 0.6) is 0 Å². The Bertz CT molecular complexity index is 135. The van der Waals surface area contributed by atoms with Gasteiger partial charge in [0.1, 0.15) is 0 Å². The van der Waals surface area contributed by atoms with Crippen LogP contribution in [0.3, 0.4) is 0 Å². The molecule has 4 saturated carbocycles. The molecule has 0 amide bonds. The lowest BCUT2D eigenvalue weighted by molar-refractivity contribution is 0.0455. The Hall–Kier alpha value is 0. The largest absolute Gasteiger partial charge is 0.0527 e. The van der Waals surface area contributed by atoms with Crippen LogP contribution in [0.15, 0.2) is 0 Å². The van der Waals surface area contributed by atoms with E-state index in [0.29, 0.717) is 0 Å². The molecule has 4 aliphatic carbocycles. The van der Waals surface area contributed by atoms with Gasteiger partial charge < -0.3 is 0 Å². The number of hydrogen-bond donors (Lipinski definition) is 0. The van der Waals surface area contributed by atoms with Gasteiger partial charge in [-0.05, 0) is 62.2 Å². The average molecular weight is 150 g/mol. The maximum atomic E-state index is 1.59. The molecule has 4 fully saturated rings. The molecule has 0 heterocycles. The van der Waals surface area contributed by atoms with Gasteiger partial charge in [0.2, 0.25) is 0 Å². The molecule has 0 aliphatic heterocycles. The average Bonchev–Trinajstić information content (AvgIpc) is 2.55. The van der Waals surface area contributed by atoms with Crippen molar-refractivity contribution >= 4 is 0 Å². The second-order valence-electron chi connectivity index (χ2n) is 4.93. The molecule has 0 saturated heterocycles. The van der Waals surface area contributed by atoms with Crippen molar-refractivity contribution in [2.45, 2.75) is 44.9 Å². The van der Waals surface area contributed by atoms with E-state index in [1.54, 1.807) is 44.9 Å². The summed E-state index contributed by atoms with van der Waals surface area (Å²) in [6.07, 6.45) is 11.1. The highest BCUT2D eigenvalue weighted by atomic mass is 14.5. The van der Waals surface area contributed by atoms with Crippen LogP contribution in [-0.4, -0.2) is 0 Å². The molecule has 4 aliphatic rings. The van der Waals surface area contributed by atoms with Crippen molar-refractivity contribution in [2.75, 3.05) is 0 Å². The van der Waals surface area contributed by atoms with Crippen LogP contribution in [0.4, 0.5) is 0 Å². The minimum absolute atomic E-state index is 1.17. The highest BCUT2D eigenvalue weighted by Gasteiger charge is 2.45. The summed E-state index contributed by atoms with van der Waals surface area (Å²) in [5.41, 5.74) is 0. The van der Waals surface area contributed by atoms with E-state index in [4.69, 9.17) is 0 Å². The summed E-state index contributed by atoms with van der Waals surface area (Å²) in [5, 5.41) is 0. The van der Waals surface area contributed by atoms with E-state index in [0.717, 1.165) is 0 Å². The topological polar surface area (TPSA) is 0 Å². The summed E-state index contributed by atoms with van der Waals surface area (Å²) in [6, 6.07) is 0. The lowest BCUT2D eigenvalue weighted by Crippen LogP contribution is -2.36. The third-order valence-corrected chi connectivity index (χ3v) is 4.65. The lowest BCUT2D eigenvalue weighted by atomic mass is 9.60.